The minimum atomic E-state index is -0.0982. The highest BCUT2D eigenvalue weighted by Crippen LogP contribution is 2.34. The van der Waals surface area contributed by atoms with Crippen molar-refractivity contribution in [1.29, 1.82) is 0 Å². The van der Waals surface area contributed by atoms with Gasteiger partial charge in [-0.3, -0.25) is 4.79 Å². The molecule has 1 fully saturated rings. The number of thioether (sulfide) groups is 1. The van der Waals surface area contributed by atoms with Crippen LogP contribution in [0.1, 0.15) is 31.2 Å². The molecule has 1 saturated heterocycles. The largest absolute Gasteiger partial charge is 0.348 e. The number of rotatable bonds is 5. The predicted molar refractivity (Wildman–Crippen MR) is 121 cm³/mol. The maximum atomic E-state index is 12.4. The lowest BCUT2D eigenvalue weighted by atomic mass is 10.2. The number of carbonyl (C=O) groups excluding carboxylic acids is 1. The molecule has 0 unspecified atom stereocenters. The van der Waals surface area contributed by atoms with Crippen molar-refractivity contribution < 1.29 is 4.79 Å². The molecule has 0 bridgehead atoms. The van der Waals surface area contributed by atoms with E-state index < -0.39 is 0 Å². The number of nitrogens with zero attached hydrogens (tertiary/aromatic N) is 4. The number of amides is 1. The number of fused-ring (bicyclic) bond motifs is 1. The Bertz CT molecular complexity index is 1020. The van der Waals surface area contributed by atoms with Gasteiger partial charge in [0.05, 0.1) is 5.75 Å². The van der Waals surface area contributed by atoms with Crippen LogP contribution in [0, 0.1) is 6.92 Å². The van der Waals surface area contributed by atoms with Crippen molar-refractivity contribution in [3.8, 4) is 0 Å². The average Bonchev–Trinajstić information content (AvgIpc) is 2.96. The maximum absolute atomic E-state index is 12.4. The van der Waals surface area contributed by atoms with E-state index in [0.29, 0.717) is 16.4 Å². The monoisotopic (exact) mass is 447 g/mol. The number of aromatic nitrogens is 3. The fourth-order valence-corrected chi connectivity index (χ4v) is 5.35. The lowest BCUT2D eigenvalue weighted by Crippen LogP contribution is -2.23. The van der Waals surface area contributed by atoms with Gasteiger partial charge in [0.25, 0.3) is 0 Å². The molecule has 0 aliphatic carbocycles. The Balaban J connectivity index is 1.44. The van der Waals surface area contributed by atoms with Crippen LogP contribution in [0.2, 0.25) is 5.02 Å². The standard InChI is InChI=1S/C20H22ClN5OS2/c1-13-6-7-14(10-15(13)21)24-16(27)11-28-19-17-18(22-12-23-19)25-20(29-17)26-8-4-2-3-5-9-26/h6-7,10,12H,2-5,8-9,11H2,1H3,(H,24,27). The van der Waals surface area contributed by atoms with Crippen LogP contribution in [0.15, 0.2) is 29.6 Å². The molecule has 3 heterocycles. The van der Waals surface area contributed by atoms with Crippen molar-refractivity contribution in [2.24, 2.45) is 0 Å². The quantitative estimate of drug-likeness (QED) is 0.430. The fourth-order valence-electron chi connectivity index (χ4n) is 3.22. The normalized spacial score (nSPS) is 14.8. The highest BCUT2D eigenvalue weighted by molar-refractivity contribution is 8.00. The Kier molecular flexibility index (Phi) is 6.52. The molecule has 1 N–H and O–H groups in total. The van der Waals surface area contributed by atoms with E-state index in [1.807, 2.05) is 19.1 Å². The molecule has 6 nitrogen and oxygen atoms in total. The number of carbonyl (C=O) groups is 1. The van der Waals surface area contributed by atoms with Crippen LogP contribution in [0.25, 0.3) is 10.3 Å². The van der Waals surface area contributed by atoms with Crippen molar-refractivity contribution in [2.45, 2.75) is 37.6 Å². The molecule has 9 heteroatoms. The number of aryl methyl sites for hydroxylation is 1. The van der Waals surface area contributed by atoms with Gasteiger partial charge >= 0.3 is 0 Å². The minimum Gasteiger partial charge on any atom is -0.348 e. The Labute approximate surface area is 183 Å². The first-order valence-corrected chi connectivity index (χ1v) is 11.8. The van der Waals surface area contributed by atoms with E-state index in [1.54, 1.807) is 17.4 Å². The van der Waals surface area contributed by atoms with Gasteiger partial charge in [-0.25, -0.2) is 9.97 Å². The second-order valence-corrected chi connectivity index (χ2v) is 9.38. The number of anilines is 2. The van der Waals surface area contributed by atoms with Crippen LogP contribution >= 0.6 is 34.7 Å². The third-order valence-electron chi connectivity index (χ3n) is 4.82. The van der Waals surface area contributed by atoms with E-state index in [9.17, 15) is 4.79 Å². The lowest BCUT2D eigenvalue weighted by Gasteiger charge is -2.18. The van der Waals surface area contributed by atoms with Gasteiger partial charge in [-0.05, 0) is 37.5 Å². The predicted octanol–water partition coefficient (Wildman–Crippen LogP) is 5.16. The number of hydrogen-bond acceptors (Lipinski definition) is 7. The summed E-state index contributed by atoms with van der Waals surface area (Å²) in [6.07, 6.45) is 6.49. The molecule has 1 aliphatic rings. The molecule has 1 aliphatic heterocycles. The molecular weight excluding hydrogens is 426 g/mol. The minimum absolute atomic E-state index is 0.0982. The first-order chi connectivity index (χ1) is 14.1. The summed E-state index contributed by atoms with van der Waals surface area (Å²) in [6.45, 7) is 4.01. The SMILES string of the molecule is Cc1ccc(NC(=O)CSc2ncnc3nc(N4CCCCCC4)sc23)cc1Cl. The topological polar surface area (TPSA) is 71.0 Å². The van der Waals surface area contributed by atoms with E-state index in [1.165, 1.54) is 43.8 Å². The summed E-state index contributed by atoms with van der Waals surface area (Å²) >= 11 is 9.15. The van der Waals surface area contributed by atoms with Crippen molar-refractivity contribution in [1.82, 2.24) is 15.0 Å². The first kappa shape index (κ1) is 20.4. The molecule has 0 radical (unpaired) electrons. The maximum Gasteiger partial charge on any atom is 0.234 e. The third-order valence-corrected chi connectivity index (χ3v) is 7.46. The zero-order valence-electron chi connectivity index (χ0n) is 16.2. The van der Waals surface area contributed by atoms with Gasteiger partial charge in [-0.1, -0.05) is 53.6 Å². The summed E-state index contributed by atoms with van der Waals surface area (Å²) in [5, 5.41) is 5.32. The van der Waals surface area contributed by atoms with Gasteiger partial charge in [-0.2, -0.15) is 4.98 Å². The molecule has 0 atom stereocenters. The van der Waals surface area contributed by atoms with E-state index >= 15 is 0 Å². The number of halogens is 1. The van der Waals surface area contributed by atoms with E-state index in [0.717, 1.165) is 33.5 Å². The van der Waals surface area contributed by atoms with Crippen LogP contribution in [0.4, 0.5) is 10.8 Å². The third kappa shape index (κ3) is 4.99. The first-order valence-electron chi connectivity index (χ1n) is 9.65. The number of nitrogens with one attached hydrogen (secondary N) is 1. The van der Waals surface area contributed by atoms with Gasteiger partial charge in [0.2, 0.25) is 5.91 Å². The van der Waals surface area contributed by atoms with Gasteiger partial charge in [0.1, 0.15) is 16.1 Å². The molecular formula is C20H22ClN5OS2. The van der Waals surface area contributed by atoms with Crippen molar-refractivity contribution >= 4 is 61.8 Å². The van der Waals surface area contributed by atoms with Crippen LogP contribution in [0.5, 0.6) is 0 Å². The second kappa shape index (κ2) is 9.28. The van der Waals surface area contributed by atoms with Crippen LogP contribution in [-0.4, -0.2) is 39.7 Å². The number of thiazole rings is 1. The Hall–Kier alpha value is -1.90. The van der Waals surface area contributed by atoms with Crippen molar-refractivity contribution in [3.05, 3.63) is 35.1 Å². The molecule has 0 spiro atoms. The van der Waals surface area contributed by atoms with Crippen molar-refractivity contribution in [3.63, 3.8) is 0 Å². The molecule has 2 aromatic heterocycles. The average molecular weight is 448 g/mol. The lowest BCUT2D eigenvalue weighted by molar-refractivity contribution is -0.113. The smallest absolute Gasteiger partial charge is 0.234 e. The molecule has 4 rings (SSSR count). The molecule has 3 aromatic rings. The molecule has 29 heavy (non-hydrogen) atoms. The Morgan fingerprint density at radius 2 is 2.03 bits per heavy atom. The summed E-state index contributed by atoms with van der Waals surface area (Å²) < 4.78 is 0.947. The number of hydrogen-bond donors (Lipinski definition) is 1. The molecule has 152 valence electrons. The summed E-state index contributed by atoms with van der Waals surface area (Å²) in [6, 6.07) is 5.50. The Morgan fingerprint density at radius 1 is 1.24 bits per heavy atom. The van der Waals surface area contributed by atoms with Crippen LogP contribution in [-0.2, 0) is 4.79 Å². The van der Waals surface area contributed by atoms with E-state index in [-0.39, 0.29) is 11.7 Å². The van der Waals surface area contributed by atoms with Crippen LogP contribution in [0.3, 0.4) is 0 Å². The highest BCUT2D eigenvalue weighted by atomic mass is 35.5. The van der Waals surface area contributed by atoms with Gasteiger partial charge in [0, 0.05) is 23.8 Å². The number of benzene rings is 1. The Morgan fingerprint density at radius 3 is 2.79 bits per heavy atom. The molecule has 0 saturated carbocycles. The van der Waals surface area contributed by atoms with Gasteiger partial charge in [-0.15, -0.1) is 0 Å². The van der Waals surface area contributed by atoms with Gasteiger partial charge < -0.3 is 10.2 Å². The second-order valence-electron chi connectivity index (χ2n) is 7.03. The van der Waals surface area contributed by atoms with Crippen molar-refractivity contribution in [2.75, 3.05) is 29.1 Å². The molecule has 1 amide bonds. The van der Waals surface area contributed by atoms with E-state index in [4.69, 9.17) is 16.6 Å². The summed E-state index contributed by atoms with van der Waals surface area (Å²) in [4.78, 5) is 28.2. The summed E-state index contributed by atoms with van der Waals surface area (Å²) in [5.41, 5.74) is 2.38. The van der Waals surface area contributed by atoms with Gasteiger partial charge in [0.15, 0.2) is 10.8 Å². The summed E-state index contributed by atoms with van der Waals surface area (Å²) in [7, 11) is 0. The van der Waals surface area contributed by atoms with Crippen LogP contribution < -0.4 is 10.2 Å². The highest BCUT2D eigenvalue weighted by Gasteiger charge is 2.18. The zero-order chi connectivity index (χ0) is 20.2. The zero-order valence-corrected chi connectivity index (χ0v) is 18.5. The fraction of sp³-hybridized carbons (Fsp3) is 0.400. The van der Waals surface area contributed by atoms with E-state index in [2.05, 4.69) is 20.2 Å². The molecule has 1 aromatic carbocycles. The summed E-state index contributed by atoms with van der Waals surface area (Å²) in [5.74, 6) is 0.160.